The lowest BCUT2D eigenvalue weighted by Crippen LogP contribution is -2.48. The third-order valence-electron chi connectivity index (χ3n) is 5.60. The summed E-state index contributed by atoms with van der Waals surface area (Å²) < 4.78 is 0. The summed E-state index contributed by atoms with van der Waals surface area (Å²) in [7, 11) is 4.23. The first-order chi connectivity index (χ1) is 12.0. The van der Waals surface area contributed by atoms with Crippen LogP contribution in [0.1, 0.15) is 42.9 Å². The lowest BCUT2D eigenvalue weighted by molar-refractivity contribution is -0.0770. The molecule has 1 aliphatic carbocycles. The fourth-order valence-electron chi connectivity index (χ4n) is 4.43. The van der Waals surface area contributed by atoms with Gasteiger partial charge in [0.1, 0.15) is 0 Å². The molecule has 1 fully saturated rings. The predicted octanol–water partition coefficient (Wildman–Crippen LogP) is 5.53. The van der Waals surface area contributed by atoms with Crippen molar-refractivity contribution in [2.45, 2.75) is 43.7 Å². The molecule has 2 nitrogen and oxygen atoms in total. The summed E-state index contributed by atoms with van der Waals surface area (Å²) in [6.45, 7) is 0. The Bertz CT molecular complexity index is 692. The SMILES string of the molecule is CN(C)C(c1ccccc1)C1CCCCC1(O)Cc1ccccc1Cl.Cl. The molecule has 4 heteroatoms. The van der Waals surface area contributed by atoms with Crippen LogP contribution in [0.15, 0.2) is 54.6 Å². The second-order valence-electron chi connectivity index (χ2n) is 7.54. The highest BCUT2D eigenvalue weighted by Gasteiger charge is 2.44. The monoisotopic (exact) mass is 393 g/mol. The molecule has 0 aliphatic heterocycles. The predicted molar refractivity (Wildman–Crippen MR) is 112 cm³/mol. The van der Waals surface area contributed by atoms with Crippen LogP contribution in [0.2, 0.25) is 5.02 Å². The Morgan fingerprint density at radius 2 is 1.73 bits per heavy atom. The smallest absolute Gasteiger partial charge is 0.0734 e. The maximum atomic E-state index is 11.7. The molecule has 3 unspecified atom stereocenters. The van der Waals surface area contributed by atoms with E-state index in [1.165, 1.54) is 12.0 Å². The molecule has 0 aromatic heterocycles. The van der Waals surface area contributed by atoms with Gasteiger partial charge < -0.3 is 10.0 Å². The van der Waals surface area contributed by atoms with Gasteiger partial charge >= 0.3 is 0 Å². The quantitative estimate of drug-likeness (QED) is 0.721. The highest BCUT2D eigenvalue weighted by Crippen LogP contribution is 2.45. The first-order valence-corrected chi connectivity index (χ1v) is 9.56. The van der Waals surface area contributed by atoms with Crippen molar-refractivity contribution in [1.29, 1.82) is 0 Å². The average Bonchev–Trinajstić information content (AvgIpc) is 2.60. The Morgan fingerprint density at radius 1 is 1.08 bits per heavy atom. The van der Waals surface area contributed by atoms with E-state index < -0.39 is 5.60 Å². The highest BCUT2D eigenvalue weighted by atomic mass is 35.5. The number of aliphatic hydroxyl groups is 1. The van der Waals surface area contributed by atoms with Crippen molar-refractivity contribution in [3.63, 3.8) is 0 Å². The van der Waals surface area contributed by atoms with E-state index in [0.717, 1.165) is 29.8 Å². The van der Waals surface area contributed by atoms with Gasteiger partial charge in [-0.1, -0.05) is 73.0 Å². The van der Waals surface area contributed by atoms with E-state index in [1.54, 1.807) is 0 Å². The molecule has 1 saturated carbocycles. The zero-order chi connectivity index (χ0) is 17.9. The Kier molecular flexibility index (Phi) is 7.54. The van der Waals surface area contributed by atoms with Crippen molar-refractivity contribution >= 4 is 24.0 Å². The minimum Gasteiger partial charge on any atom is -0.389 e. The third kappa shape index (κ3) is 4.61. The number of benzene rings is 2. The molecule has 0 bridgehead atoms. The van der Waals surface area contributed by atoms with Crippen molar-refractivity contribution in [3.05, 3.63) is 70.7 Å². The van der Waals surface area contributed by atoms with Crippen molar-refractivity contribution in [3.8, 4) is 0 Å². The molecule has 0 amide bonds. The van der Waals surface area contributed by atoms with Crippen LogP contribution >= 0.6 is 24.0 Å². The van der Waals surface area contributed by atoms with Crippen LogP contribution in [0.5, 0.6) is 0 Å². The van der Waals surface area contributed by atoms with Gasteiger partial charge in [0.2, 0.25) is 0 Å². The second-order valence-corrected chi connectivity index (χ2v) is 7.95. The Hall–Kier alpha value is -1.06. The maximum Gasteiger partial charge on any atom is 0.0734 e. The topological polar surface area (TPSA) is 23.5 Å². The molecular formula is C22H29Cl2NO. The van der Waals surface area contributed by atoms with Crippen LogP contribution in [0, 0.1) is 5.92 Å². The number of nitrogens with zero attached hydrogens (tertiary/aromatic N) is 1. The molecule has 0 radical (unpaired) electrons. The number of rotatable bonds is 5. The molecular weight excluding hydrogens is 365 g/mol. The minimum atomic E-state index is -0.728. The third-order valence-corrected chi connectivity index (χ3v) is 5.97. The van der Waals surface area contributed by atoms with E-state index in [-0.39, 0.29) is 24.4 Å². The summed E-state index contributed by atoms with van der Waals surface area (Å²) in [6, 6.07) is 18.7. The van der Waals surface area contributed by atoms with Crippen LogP contribution in [0.3, 0.4) is 0 Å². The van der Waals surface area contributed by atoms with E-state index >= 15 is 0 Å². The maximum absolute atomic E-state index is 11.7. The van der Waals surface area contributed by atoms with E-state index in [4.69, 9.17) is 11.6 Å². The Balaban J connectivity index is 0.00000243. The van der Waals surface area contributed by atoms with Crippen molar-refractivity contribution in [2.24, 2.45) is 5.92 Å². The lowest BCUT2D eigenvalue weighted by Gasteiger charge is -2.46. The van der Waals surface area contributed by atoms with Gasteiger partial charge in [-0.15, -0.1) is 12.4 Å². The molecule has 0 spiro atoms. The second kappa shape index (κ2) is 9.23. The van der Waals surface area contributed by atoms with E-state index in [2.05, 4.69) is 43.3 Å². The molecule has 142 valence electrons. The number of hydrogen-bond acceptors (Lipinski definition) is 2. The van der Waals surface area contributed by atoms with Crippen LogP contribution in [-0.2, 0) is 6.42 Å². The summed E-state index contributed by atoms with van der Waals surface area (Å²) >= 11 is 6.39. The zero-order valence-corrected chi connectivity index (χ0v) is 17.1. The molecule has 2 aromatic rings. The van der Waals surface area contributed by atoms with Crippen molar-refractivity contribution < 1.29 is 5.11 Å². The highest BCUT2D eigenvalue weighted by molar-refractivity contribution is 6.31. The van der Waals surface area contributed by atoms with Gasteiger partial charge in [0.25, 0.3) is 0 Å². The summed E-state index contributed by atoms with van der Waals surface area (Å²) in [5.41, 5.74) is 1.59. The fourth-order valence-corrected chi connectivity index (χ4v) is 4.64. The minimum absolute atomic E-state index is 0. The van der Waals surface area contributed by atoms with Crippen LogP contribution in [0.4, 0.5) is 0 Å². The van der Waals surface area contributed by atoms with Gasteiger partial charge in [-0.2, -0.15) is 0 Å². The Morgan fingerprint density at radius 3 is 2.38 bits per heavy atom. The summed E-state index contributed by atoms with van der Waals surface area (Å²) in [4.78, 5) is 2.25. The normalized spacial score (nSPS) is 24.1. The first kappa shape index (κ1) is 21.2. The van der Waals surface area contributed by atoms with Crippen LogP contribution in [-0.4, -0.2) is 29.7 Å². The Labute approximate surface area is 168 Å². The standard InChI is InChI=1S/C22H28ClNO.ClH/c1-24(2)21(17-10-4-3-5-11-17)19-13-8-9-15-22(19,25)16-18-12-6-7-14-20(18)23;/h3-7,10-12,14,19,21,25H,8-9,13,15-16H2,1-2H3;1H. The van der Waals surface area contributed by atoms with Crippen LogP contribution in [0.25, 0.3) is 0 Å². The molecule has 0 heterocycles. The molecule has 1 aliphatic rings. The van der Waals surface area contributed by atoms with E-state index in [0.29, 0.717) is 6.42 Å². The number of hydrogen-bond donors (Lipinski definition) is 1. The van der Waals surface area contributed by atoms with Gasteiger partial charge in [0, 0.05) is 23.4 Å². The van der Waals surface area contributed by atoms with Gasteiger partial charge in [-0.25, -0.2) is 0 Å². The molecule has 2 aromatic carbocycles. The summed E-state index contributed by atoms with van der Waals surface area (Å²) in [5, 5.41) is 12.5. The number of halogens is 2. The summed E-state index contributed by atoms with van der Waals surface area (Å²) in [6.07, 6.45) is 4.74. The van der Waals surface area contributed by atoms with Gasteiger partial charge in [-0.3, -0.25) is 0 Å². The lowest BCUT2D eigenvalue weighted by atomic mass is 9.67. The van der Waals surface area contributed by atoms with E-state index in [1.807, 2.05) is 30.3 Å². The molecule has 26 heavy (non-hydrogen) atoms. The van der Waals surface area contributed by atoms with E-state index in [9.17, 15) is 5.11 Å². The molecule has 1 N–H and O–H groups in total. The largest absolute Gasteiger partial charge is 0.389 e. The van der Waals surface area contributed by atoms with Crippen LogP contribution < -0.4 is 0 Å². The average molecular weight is 394 g/mol. The molecule has 3 rings (SSSR count). The van der Waals surface area contributed by atoms with Crippen molar-refractivity contribution in [1.82, 2.24) is 4.90 Å². The van der Waals surface area contributed by atoms with Gasteiger partial charge in [0.15, 0.2) is 0 Å². The molecule has 0 saturated heterocycles. The zero-order valence-electron chi connectivity index (χ0n) is 15.6. The summed E-state index contributed by atoms with van der Waals surface area (Å²) in [5.74, 6) is 0.190. The van der Waals surface area contributed by atoms with Crippen molar-refractivity contribution in [2.75, 3.05) is 14.1 Å². The molecule has 3 atom stereocenters. The first-order valence-electron chi connectivity index (χ1n) is 9.18. The fraction of sp³-hybridized carbons (Fsp3) is 0.455. The van der Waals surface area contributed by atoms with Gasteiger partial charge in [-0.05, 0) is 44.1 Å². The van der Waals surface area contributed by atoms with Gasteiger partial charge in [0.05, 0.1) is 5.60 Å².